The Morgan fingerprint density at radius 1 is 0.962 bits per heavy atom. The molecule has 0 saturated carbocycles. The fourth-order valence-electron chi connectivity index (χ4n) is 2.84. The highest BCUT2D eigenvalue weighted by molar-refractivity contribution is 5.79. The minimum Gasteiger partial charge on any atom is -0.352 e. The number of benzene rings is 2. The van der Waals surface area contributed by atoms with Gasteiger partial charge in [-0.2, -0.15) is 13.2 Å². The largest absolute Gasteiger partial charge is 0.416 e. The quantitative estimate of drug-likeness (QED) is 0.667. The van der Waals surface area contributed by atoms with Gasteiger partial charge in [-0.3, -0.25) is 0 Å². The van der Waals surface area contributed by atoms with Gasteiger partial charge >= 0.3 is 6.18 Å². The molecule has 1 N–H and O–H groups in total. The Kier molecular flexibility index (Phi) is 4.46. The molecule has 0 aliphatic rings. The van der Waals surface area contributed by atoms with E-state index in [0.29, 0.717) is 23.5 Å². The summed E-state index contributed by atoms with van der Waals surface area (Å²) in [6, 6.07) is 11.9. The number of nitrogens with one attached hydrogen (secondary N) is 1. The molecule has 0 aliphatic heterocycles. The molecule has 138 valence electrons. The molecule has 0 radical (unpaired) electrons. The molecule has 0 saturated heterocycles. The third-order valence-electron chi connectivity index (χ3n) is 4.48. The van der Waals surface area contributed by atoms with Crippen molar-refractivity contribution in [1.29, 1.82) is 0 Å². The van der Waals surface area contributed by atoms with Crippen LogP contribution in [0.1, 0.15) is 37.5 Å². The summed E-state index contributed by atoms with van der Waals surface area (Å²) >= 11 is 0. The number of imidazole rings is 1. The van der Waals surface area contributed by atoms with E-state index in [0.717, 1.165) is 17.7 Å². The van der Waals surface area contributed by atoms with Gasteiger partial charge in [-0.1, -0.05) is 45.0 Å². The van der Waals surface area contributed by atoms with Crippen LogP contribution in [0.3, 0.4) is 0 Å². The maximum absolute atomic E-state index is 12.9. The lowest BCUT2D eigenvalue weighted by molar-refractivity contribution is -0.137. The molecule has 3 aromatic rings. The van der Waals surface area contributed by atoms with Crippen LogP contribution in [0, 0.1) is 0 Å². The summed E-state index contributed by atoms with van der Waals surface area (Å²) in [6.45, 7) is 7.03. The normalized spacial score (nSPS) is 12.6. The molecule has 0 amide bonds. The number of anilines is 1. The number of aromatic nitrogens is 2. The van der Waals surface area contributed by atoms with Crippen molar-refractivity contribution in [3.05, 3.63) is 59.2 Å². The molecule has 0 atom stereocenters. The molecule has 0 fully saturated rings. The van der Waals surface area contributed by atoms with Crippen molar-refractivity contribution in [2.24, 2.45) is 7.05 Å². The summed E-state index contributed by atoms with van der Waals surface area (Å²) in [5.74, 6) is 0.541. The van der Waals surface area contributed by atoms with Crippen molar-refractivity contribution in [2.75, 3.05) is 5.32 Å². The molecule has 3 nitrogen and oxygen atoms in total. The highest BCUT2D eigenvalue weighted by Gasteiger charge is 2.31. The summed E-state index contributed by atoms with van der Waals surface area (Å²) in [5, 5.41) is 3.21. The van der Waals surface area contributed by atoms with Crippen molar-refractivity contribution in [3.63, 3.8) is 0 Å². The lowest BCUT2D eigenvalue weighted by Crippen LogP contribution is -2.11. The topological polar surface area (TPSA) is 29.9 Å². The third-order valence-corrected chi connectivity index (χ3v) is 4.48. The minimum absolute atomic E-state index is 0.0968. The second kappa shape index (κ2) is 6.34. The van der Waals surface area contributed by atoms with Crippen LogP contribution in [-0.2, 0) is 25.2 Å². The first-order valence-corrected chi connectivity index (χ1v) is 8.43. The van der Waals surface area contributed by atoms with E-state index in [2.05, 4.69) is 55.3 Å². The molecule has 3 rings (SSSR count). The van der Waals surface area contributed by atoms with Crippen LogP contribution in [0.5, 0.6) is 0 Å². The Hall–Kier alpha value is -2.50. The van der Waals surface area contributed by atoms with Gasteiger partial charge in [0.1, 0.15) is 0 Å². The molecular weight excluding hydrogens is 339 g/mol. The van der Waals surface area contributed by atoms with E-state index in [1.54, 1.807) is 11.6 Å². The van der Waals surface area contributed by atoms with Gasteiger partial charge < -0.3 is 9.88 Å². The SMILES string of the molecule is Cn1c(NCc2ccc(C(C)(C)C)cc2)nc2cc(C(F)(F)F)ccc21. The van der Waals surface area contributed by atoms with Crippen LogP contribution < -0.4 is 5.32 Å². The first-order valence-electron chi connectivity index (χ1n) is 8.43. The molecule has 26 heavy (non-hydrogen) atoms. The fraction of sp³-hybridized carbons (Fsp3) is 0.350. The predicted octanol–water partition coefficient (Wildman–Crippen LogP) is 5.50. The van der Waals surface area contributed by atoms with E-state index < -0.39 is 11.7 Å². The monoisotopic (exact) mass is 361 g/mol. The third kappa shape index (κ3) is 3.69. The van der Waals surface area contributed by atoms with Crippen LogP contribution >= 0.6 is 0 Å². The highest BCUT2D eigenvalue weighted by atomic mass is 19.4. The predicted molar refractivity (Wildman–Crippen MR) is 98.2 cm³/mol. The lowest BCUT2D eigenvalue weighted by Gasteiger charge is -2.19. The number of fused-ring (bicyclic) bond motifs is 1. The van der Waals surface area contributed by atoms with Crippen molar-refractivity contribution < 1.29 is 13.2 Å². The summed E-state index contributed by atoms with van der Waals surface area (Å²) in [4.78, 5) is 4.31. The zero-order valence-corrected chi connectivity index (χ0v) is 15.3. The van der Waals surface area contributed by atoms with Gasteiger partial charge in [-0.25, -0.2) is 4.98 Å². The Labute approximate surface area is 150 Å². The van der Waals surface area contributed by atoms with Crippen molar-refractivity contribution in [1.82, 2.24) is 9.55 Å². The van der Waals surface area contributed by atoms with Crippen LogP contribution in [0.25, 0.3) is 11.0 Å². The maximum atomic E-state index is 12.9. The Bertz CT molecular complexity index is 916. The van der Waals surface area contributed by atoms with E-state index in [1.807, 2.05) is 0 Å². The maximum Gasteiger partial charge on any atom is 0.416 e. The average Bonchev–Trinajstić information content (AvgIpc) is 2.87. The Morgan fingerprint density at radius 2 is 1.58 bits per heavy atom. The second-order valence-corrected chi connectivity index (χ2v) is 7.50. The molecular formula is C20H22F3N3. The molecule has 2 aromatic carbocycles. The second-order valence-electron chi connectivity index (χ2n) is 7.50. The van der Waals surface area contributed by atoms with Gasteiger partial charge in [0.15, 0.2) is 0 Å². The number of rotatable bonds is 3. The van der Waals surface area contributed by atoms with Gasteiger partial charge in [0.25, 0.3) is 0 Å². The van der Waals surface area contributed by atoms with Crippen LogP contribution in [0.4, 0.5) is 19.1 Å². The zero-order chi connectivity index (χ0) is 19.1. The Balaban J connectivity index is 1.80. The summed E-state index contributed by atoms with van der Waals surface area (Å²) in [5.41, 5.74) is 2.73. The molecule has 1 aromatic heterocycles. The summed E-state index contributed by atoms with van der Waals surface area (Å²) in [7, 11) is 1.79. The molecule has 1 heterocycles. The first kappa shape index (κ1) is 18.3. The number of halogens is 3. The lowest BCUT2D eigenvalue weighted by atomic mass is 9.87. The average molecular weight is 361 g/mol. The van der Waals surface area contributed by atoms with Gasteiger partial charge in [-0.15, -0.1) is 0 Å². The van der Waals surface area contributed by atoms with Crippen LogP contribution in [0.15, 0.2) is 42.5 Å². The summed E-state index contributed by atoms with van der Waals surface area (Å²) in [6.07, 6.45) is -4.37. The summed E-state index contributed by atoms with van der Waals surface area (Å²) < 4.78 is 40.3. The number of aryl methyl sites for hydroxylation is 1. The van der Waals surface area contributed by atoms with Crippen LogP contribution in [-0.4, -0.2) is 9.55 Å². The van der Waals surface area contributed by atoms with Gasteiger partial charge in [0.05, 0.1) is 16.6 Å². The number of nitrogens with zero attached hydrogens (tertiary/aromatic N) is 2. The van der Waals surface area contributed by atoms with Crippen molar-refractivity contribution in [3.8, 4) is 0 Å². The number of hydrogen-bond acceptors (Lipinski definition) is 2. The smallest absolute Gasteiger partial charge is 0.352 e. The van der Waals surface area contributed by atoms with E-state index in [-0.39, 0.29) is 5.41 Å². The zero-order valence-electron chi connectivity index (χ0n) is 15.3. The van der Waals surface area contributed by atoms with Gasteiger partial charge in [-0.05, 0) is 34.7 Å². The number of hydrogen-bond donors (Lipinski definition) is 1. The first-order chi connectivity index (χ1) is 12.1. The molecule has 0 spiro atoms. The Morgan fingerprint density at radius 3 is 2.15 bits per heavy atom. The molecule has 6 heteroatoms. The van der Waals surface area contributed by atoms with Gasteiger partial charge in [0.2, 0.25) is 5.95 Å². The van der Waals surface area contributed by atoms with Crippen LogP contribution in [0.2, 0.25) is 0 Å². The minimum atomic E-state index is -4.37. The van der Waals surface area contributed by atoms with E-state index in [4.69, 9.17) is 0 Å². The van der Waals surface area contributed by atoms with Gasteiger partial charge in [0, 0.05) is 13.6 Å². The van der Waals surface area contributed by atoms with E-state index >= 15 is 0 Å². The van der Waals surface area contributed by atoms with Crippen molar-refractivity contribution in [2.45, 2.75) is 38.9 Å². The number of alkyl halides is 3. The molecule has 0 aliphatic carbocycles. The van der Waals surface area contributed by atoms with E-state index in [9.17, 15) is 13.2 Å². The molecule has 0 bridgehead atoms. The standard InChI is InChI=1S/C20H22F3N3/c1-19(2,3)14-7-5-13(6-8-14)12-24-18-25-16-11-15(20(21,22)23)9-10-17(16)26(18)4/h5-11H,12H2,1-4H3,(H,24,25). The van der Waals surface area contributed by atoms with E-state index in [1.165, 1.54) is 11.6 Å². The fourth-order valence-corrected chi connectivity index (χ4v) is 2.84. The molecule has 0 unspecified atom stereocenters. The highest BCUT2D eigenvalue weighted by Crippen LogP contribution is 2.32. The van der Waals surface area contributed by atoms with Crippen molar-refractivity contribution >= 4 is 17.0 Å².